The molecule has 19 heavy (non-hydrogen) atoms. The van der Waals surface area contributed by atoms with Crippen LogP contribution in [-0.4, -0.2) is 37.2 Å². The summed E-state index contributed by atoms with van der Waals surface area (Å²) >= 11 is 0. The Morgan fingerprint density at radius 2 is 2.11 bits per heavy atom. The molecule has 0 atom stereocenters. The summed E-state index contributed by atoms with van der Waals surface area (Å²) in [5, 5.41) is 3.33. The van der Waals surface area contributed by atoms with Gasteiger partial charge in [0.15, 0.2) is 11.5 Å². The third kappa shape index (κ3) is 2.81. The van der Waals surface area contributed by atoms with Gasteiger partial charge in [0.1, 0.15) is 0 Å². The maximum Gasteiger partial charge on any atom is 0.231 e. The largest absolute Gasteiger partial charge is 0.454 e. The third-order valence-corrected chi connectivity index (χ3v) is 3.47. The van der Waals surface area contributed by atoms with Crippen LogP contribution in [0.25, 0.3) is 0 Å². The number of carbonyl (C=O) groups excluding carboxylic acids is 1. The van der Waals surface area contributed by atoms with Crippen molar-refractivity contribution in [2.75, 3.05) is 26.4 Å². The van der Waals surface area contributed by atoms with Gasteiger partial charge in [-0.1, -0.05) is 6.07 Å². The molecule has 0 aliphatic carbocycles. The number of fused-ring (bicyclic) bond motifs is 1. The summed E-state index contributed by atoms with van der Waals surface area (Å²) in [5.41, 5.74) is 1.08. The number of nitrogens with one attached hydrogen (secondary N) is 1. The zero-order chi connectivity index (χ0) is 13.1. The van der Waals surface area contributed by atoms with Crippen molar-refractivity contribution in [2.45, 2.75) is 19.4 Å². The van der Waals surface area contributed by atoms with Gasteiger partial charge in [-0.05, 0) is 30.7 Å². The molecule has 3 rings (SSSR count). The molecule has 1 N–H and O–H groups in total. The van der Waals surface area contributed by atoms with Gasteiger partial charge in [-0.25, -0.2) is 0 Å². The minimum Gasteiger partial charge on any atom is -0.454 e. The average Bonchev–Trinajstić information content (AvgIpc) is 2.86. The molecular formula is C14H18N2O3. The maximum absolute atomic E-state index is 12.0. The Bertz CT molecular complexity index is 476. The first-order valence-electron chi connectivity index (χ1n) is 6.70. The molecule has 5 heteroatoms. The summed E-state index contributed by atoms with van der Waals surface area (Å²) in [4.78, 5) is 14.0. The summed E-state index contributed by atoms with van der Waals surface area (Å²) in [5.74, 6) is 1.79. The van der Waals surface area contributed by atoms with Gasteiger partial charge in [0, 0.05) is 26.1 Å². The Labute approximate surface area is 112 Å². The van der Waals surface area contributed by atoms with E-state index >= 15 is 0 Å². The number of rotatable bonds is 2. The van der Waals surface area contributed by atoms with Crippen molar-refractivity contribution in [3.05, 3.63) is 23.8 Å². The Morgan fingerprint density at radius 3 is 3.05 bits per heavy atom. The van der Waals surface area contributed by atoms with E-state index in [1.165, 1.54) is 0 Å². The lowest BCUT2D eigenvalue weighted by molar-refractivity contribution is -0.132. The number of amides is 1. The molecule has 1 amide bonds. The van der Waals surface area contributed by atoms with Crippen LogP contribution in [0.4, 0.5) is 0 Å². The van der Waals surface area contributed by atoms with Crippen molar-refractivity contribution in [2.24, 2.45) is 0 Å². The van der Waals surface area contributed by atoms with Crippen molar-refractivity contribution < 1.29 is 14.3 Å². The maximum atomic E-state index is 12.0. The molecule has 1 fully saturated rings. The van der Waals surface area contributed by atoms with Gasteiger partial charge in [-0.3, -0.25) is 4.79 Å². The molecule has 102 valence electrons. The summed E-state index contributed by atoms with van der Waals surface area (Å²) in [6.45, 7) is 3.47. The number of benzene rings is 1. The molecule has 1 saturated heterocycles. The van der Waals surface area contributed by atoms with E-state index in [1.54, 1.807) is 0 Å². The van der Waals surface area contributed by atoms with Gasteiger partial charge in [-0.15, -0.1) is 0 Å². The Balaban J connectivity index is 1.70. The van der Waals surface area contributed by atoms with Crippen molar-refractivity contribution in [3.63, 3.8) is 0 Å². The predicted molar refractivity (Wildman–Crippen MR) is 70.1 cm³/mol. The van der Waals surface area contributed by atoms with Gasteiger partial charge in [0.2, 0.25) is 12.7 Å². The predicted octanol–water partition coefficient (Wildman–Crippen LogP) is 1.13. The first-order chi connectivity index (χ1) is 9.33. The van der Waals surface area contributed by atoms with Crippen LogP contribution in [0, 0.1) is 0 Å². The second-order valence-electron chi connectivity index (χ2n) is 4.86. The van der Waals surface area contributed by atoms with Crippen molar-refractivity contribution in [1.82, 2.24) is 10.2 Å². The molecule has 2 aliphatic heterocycles. The molecule has 0 saturated carbocycles. The lowest BCUT2D eigenvalue weighted by atomic mass is 10.1. The van der Waals surface area contributed by atoms with Gasteiger partial charge in [0.05, 0.1) is 0 Å². The topological polar surface area (TPSA) is 50.8 Å². The minimum atomic E-state index is 0.235. The summed E-state index contributed by atoms with van der Waals surface area (Å²) in [7, 11) is 0. The van der Waals surface area contributed by atoms with Crippen LogP contribution in [0.5, 0.6) is 11.5 Å². The summed E-state index contributed by atoms with van der Waals surface area (Å²) < 4.78 is 10.7. The second-order valence-corrected chi connectivity index (χ2v) is 4.86. The summed E-state index contributed by atoms with van der Waals surface area (Å²) in [6, 6.07) is 5.86. The van der Waals surface area contributed by atoms with E-state index in [2.05, 4.69) is 5.32 Å². The first-order valence-corrected chi connectivity index (χ1v) is 6.70. The standard InChI is InChI=1S/C14H18N2O3/c17-14-2-1-5-15-6-7-16(14)9-11-3-4-12-13(8-11)19-10-18-12/h3-4,8,15H,1-2,5-7,9-10H2. The monoisotopic (exact) mass is 262 g/mol. The molecule has 2 heterocycles. The fraction of sp³-hybridized carbons (Fsp3) is 0.500. The van der Waals surface area contributed by atoms with E-state index in [-0.39, 0.29) is 12.7 Å². The number of carbonyl (C=O) groups is 1. The number of hydrogen-bond donors (Lipinski definition) is 1. The van der Waals surface area contributed by atoms with Crippen LogP contribution in [0.2, 0.25) is 0 Å². The second kappa shape index (κ2) is 5.48. The van der Waals surface area contributed by atoms with Crippen LogP contribution < -0.4 is 14.8 Å². The number of nitrogens with zero attached hydrogens (tertiary/aromatic N) is 1. The van der Waals surface area contributed by atoms with Crippen LogP contribution in [0.15, 0.2) is 18.2 Å². The van der Waals surface area contributed by atoms with E-state index in [1.807, 2.05) is 23.1 Å². The molecule has 1 aromatic carbocycles. The molecule has 0 bridgehead atoms. The Morgan fingerprint density at radius 1 is 1.21 bits per heavy atom. The molecule has 5 nitrogen and oxygen atoms in total. The Hall–Kier alpha value is -1.75. The zero-order valence-electron chi connectivity index (χ0n) is 10.9. The fourth-order valence-electron chi connectivity index (χ4n) is 2.41. The van der Waals surface area contributed by atoms with Crippen LogP contribution in [-0.2, 0) is 11.3 Å². The molecule has 0 unspecified atom stereocenters. The van der Waals surface area contributed by atoms with Crippen LogP contribution in [0.1, 0.15) is 18.4 Å². The SMILES string of the molecule is O=C1CCCNCCN1Cc1ccc2c(c1)OCO2. The van der Waals surface area contributed by atoms with Crippen molar-refractivity contribution in [1.29, 1.82) is 0 Å². The zero-order valence-corrected chi connectivity index (χ0v) is 10.9. The van der Waals surface area contributed by atoms with Gasteiger partial charge < -0.3 is 19.7 Å². The van der Waals surface area contributed by atoms with E-state index in [0.717, 1.165) is 43.1 Å². The average molecular weight is 262 g/mol. The highest BCUT2D eigenvalue weighted by atomic mass is 16.7. The van der Waals surface area contributed by atoms with Gasteiger partial charge >= 0.3 is 0 Å². The van der Waals surface area contributed by atoms with E-state index in [0.29, 0.717) is 13.0 Å². The smallest absolute Gasteiger partial charge is 0.231 e. The molecule has 0 radical (unpaired) electrons. The van der Waals surface area contributed by atoms with Crippen LogP contribution >= 0.6 is 0 Å². The molecular weight excluding hydrogens is 244 g/mol. The molecule has 1 aromatic rings. The van der Waals surface area contributed by atoms with E-state index < -0.39 is 0 Å². The lowest BCUT2D eigenvalue weighted by Gasteiger charge is -2.25. The van der Waals surface area contributed by atoms with E-state index in [4.69, 9.17) is 9.47 Å². The summed E-state index contributed by atoms with van der Waals surface area (Å²) in [6.07, 6.45) is 1.54. The number of hydrogen-bond acceptors (Lipinski definition) is 4. The fourth-order valence-corrected chi connectivity index (χ4v) is 2.41. The van der Waals surface area contributed by atoms with Gasteiger partial charge in [-0.2, -0.15) is 0 Å². The highest BCUT2D eigenvalue weighted by Gasteiger charge is 2.18. The normalized spacial score (nSPS) is 19.2. The van der Waals surface area contributed by atoms with Crippen molar-refractivity contribution >= 4 is 5.91 Å². The molecule has 2 aliphatic rings. The third-order valence-electron chi connectivity index (χ3n) is 3.47. The van der Waals surface area contributed by atoms with Crippen LogP contribution in [0.3, 0.4) is 0 Å². The Kier molecular flexibility index (Phi) is 3.55. The molecule has 0 spiro atoms. The number of ether oxygens (including phenoxy) is 2. The van der Waals surface area contributed by atoms with Gasteiger partial charge in [0.25, 0.3) is 0 Å². The van der Waals surface area contributed by atoms with E-state index in [9.17, 15) is 4.79 Å². The highest BCUT2D eigenvalue weighted by Crippen LogP contribution is 2.32. The minimum absolute atomic E-state index is 0.235. The lowest BCUT2D eigenvalue weighted by Crippen LogP contribution is -2.39. The molecule has 0 aromatic heterocycles. The quantitative estimate of drug-likeness (QED) is 0.868. The highest BCUT2D eigenvalue weighted by molar-refractivity contribution is 5.76. The first kappa shape index (κ1) is 12.3. The van der Waals surface area contributed by atoms with Crippen molar-refractivity contribution in [3.8, 4) is 11.5 Å².